The van der Waals surface area contributed by atoms with Crippen molar-refractivity contribution in [2.45, 2.75) is 45.3 Å². The fourth-order valence-electron chi connectivity index (χ4n) is 1.50. The summed E-state index contributed by atoms with van der Waals surface area (Å²) in [4.78, 5) is 15.5. The molecule has 1 unspecified atom stereocenters. The van der Waals surface area contributed by atoms with Crippen LogP contribution in [0.4, 0.5) is 0 Å². The molecule has 0 spiro atoms. The van der Waals surface area contributed by atoms with Gasteiger partial charge in [0.2, 0.25) is 5.91 Å². The molecular formula is C11H20N4O. The van der Waals surface area contributed by atoms with Crippen molar-refractivity contribution in [3.63, 3.8) is 0 Å². The molecule has 1 atom stereocenters. The first kappa shape index (κ1) is 12.7. The molecule has 16 heavy (non-hydrogen) atoms. The zero-order valence-corrected chi connectivity index (χ0v) is 10.1. The highest BCUT2D eigenvalue weighted by Crippen LogP contribution is 2.03. The Kier molecular flexibility index (Phi) is 4.06. The number of hydrogen-bond donors (Lipinski definition) is 2. The summed E-state index contributed by atoms with van der Waals surface area (Å²) < 4.78 is 1.93. The average Bonchev–Trinajstić information content (AvgIpc) is 2.51. The van der Waals surface area contributed by atoms with E-state index >= 15 is 0 Å². The number of nitrogens with two attached hydrogens (primary N) is 1. The Hall–Kier alpha value is -1.36. The largest absolute Gasteiger partial charge is 0.352 e. The van der Waals surface area contributed by atoms with Crippen LogP contribution in [-0.4, -0.2) is 27.0 Å². The minimum atomic E-state index is -0.460. The standard InChI is InChI=1S/C11H20N4O/c1-9(7-15-5-4-13-8-15)14-10(16)6-11(2,3)12/h4-5,8-9H,6-7,12H2,1-3H3,(H,14,16). The number of amides is 1. The molecular weight excluding hydrogens is 204 g/mol. The van der Waals surface area contributed by atoms with Gasteiger partial charge in [0.15, 0.2) is 0 Å². The zero-order chi connectivity index (χ0) is 12.2. The lowest BCUT2D eigenvalue weighted by Crippen LogP contribution is -2.42. The maximum atomic E-state index is 11.6. The minimum absolute atomic E-state index is 0.0138. The van der Waals surface area contributed by atoms with Crippen LogP contribution in [0.3, 0.4) is 0 Å². The Morgan fingerprint density at radius 3 is 2.81 bits per heavy atom. The monoisotopic (exact) mass is 224 g/mol. The van der Waals surface area contributed by atoms with Crippen molar-refractivity contribution in [3.05, 3.63) is 18.7 Å². The number of carbonyl (C=O) groups excluding carboxylic acids is 1. The number of carbonyl (C=O) groups is 1. The van der Waals surface area contributed by atoms with E-state index < -0.39 is 5.54 Å². The molecule has 1 aromatic rings. The van der Waals surface area contributed by atoms with Gasteiger partial charge in [0.05, 0.1) is 6.33 Å². The maximum Gasteiger partial charge on any atom is 0.222 e. The highest BCUT2D eigenvalue weighted by Gasteiger charge is 2.17. The molecule has 0 radical (unpaired) electrons. The van der Waals surface area contributed by atoms with Crippen LogP contribution in [0, 0.1) is 0 Å². The normalized spacial score (nSPS) is 13.5. The predicted octanol–water partition coefficient (Wildman–Crippen LogP) is 0.515. The third kappa shape index (κ3) is 4.93. The summed E-state index contributed by atoms with van der Waals surface area (Å²) >= 11 is 0. The number of nitrogens with zero attached hydrogens (tertiary/aromatic N) is 2. The van der Waals surface area contributed by atoms with Crippen molar-refractivity contribution >= 4 is 5.91 Å². The van der Waals surface area contributed by atoms with E-state index in [-0.39, 0.29) is 11.9 Å². The molecule has 0 saturated heterocycles. The summed E-state index contributed by atoms with van der Waals surface area (Å²) in [7, 11) is 0. The fourth-order valence-corrected chi connectivity index (χ4v) is 1.50. The van der Waals surface area contributed by atoms with E-state index in [4.69, 9.17) is 5.73 Å². The zero-order valence-electron chi connectivity index (χ0n) is 10.1. The Labute approximate surface area is 96.0 Å². The summed E-state index contributed by atoms with van der Waals surface area (Å²) in [5.74, 6) is -0.0138. The van der Waals surface area contributed by atoms with Gasteiger partial charge in [0, 0.05) is 36.9 Å². The first-order valence-electron chi connectivity index (χ1n) is 5.41. The lowest BCUT2D eigenvalue weighted by Gasteiger charge is -2.20. The van der Waals surface area contributed by atoms with E-state index in [9.17, 15) is 4.79 Å². The molecule has 0 fully saturated rings. The number of aromatic nitrogens is 2. The van der Waals surface area contributed by atoms with Crippen LogP contribution < -0.4 is 11.1 Å². The van der Waals surface area contributed by atoms with Gasteiger partial charge in [0.1, 0.15) is 0 Å². The Morgan fingerprint density at radius 2 is 2.31 bits per heavy atom. The van der Waals surface area contributed by atoms with Crippen molar-refractivity contribution in [2.24, 2.45) is 5.73 Å². The summed E-state index contributed by atoms with van der Waals surface area (Å²) in [6.45, 7) is 6.36. The van der Waals surface area contributed by atoms with Gasteiger partial charge >= 0.3 is 0 Å². The van der Waals surface area contributed by atoms with Crippen molar-refractivity contribution in [1.82, 2.24) is 14.9 Å². The van der Waals surface area contributed by atoms with Crippen molar-refractivity contribution in [3.8, 4) is 0 Å². The predicted molar refractivity (Wildman–Crippen MR) is 62.7 cm³/mol. The highest BCUT2D eigenvalue weighted by atomic mass is 16.1. The number of rotatable bonds is 5. The second-order valence-electron chi connectivity index (χ2n) is 4.89. The maximum absolute atomic E-state index is 11.6. The van der Waals surface area contributed by atoms with Crippen LogP contribution in [0.5, 0.6) is 0 Å². The lowest BCUT2D eigenvalue weighted by molar-refractivity contribution is -0.122. The second-order valence-corrected chi connectivity index (χ2v) is 4.89. The Morgan fingerprint density at radius 1 is 1.62 bits per heavy atom. The van der Waals surface area contributed by atoms with Crippen LogP contribution in [0.2, 0.25) is 0 Å². The first-order chi connectivity index (χ1) is 7.37. The van der Waals surface area contributed by atoms with E-state index in [0.717, 1.165) is 6.54 Å². The van der Waals surface area contributed by atoms with Crippen molar-refractivity contribution in [2.75, 3.05) is 0 Å². The third-order valence-electron chi connectivity index (χ3n) is 2.07. The molecule has 1 rings (SSSR count). The quantitative estimate of drug-likeness (QED) is 0.765. The summed E-state index contributed by atoms with van der Waals surface area (Å²) in [5.41, 5.74) is 5.31. The molecule has 0 aliphatic rings. The van der Waals surface area contributed by atoms with E-state index in [1.54, 1.807) is 12.5 Å². The van der Waals surface area contributed by atoms with Gasteiger partial charge in [-0.25, -0.2) is 4.98 Å². The van der Waals surface area contributed by atoms with Gasteiger partial charge in [-0.2, -0.15) is 0 Å². The summed E-state index contributed by atoms with van der Waals surface area (Å²) in [6, 6.07) is 0.0732. The third-order valence-corrected chi connectivity index (χ3v) is 2.07. The summed E-state index contributed by atoms with van der Waals surface area (Å²) in [6.07, 6.45) is 5.66. The van der Waals surface area contributed by atoms with Crippen LogP contribution in [-0.2, 0) is 11.3 Å². The average molecular weight is 224 g/mol. The number of nitrogens with one attached hydrogen (secondary N) is 1. The summed E-state index contributed by atoms with van der Waals surface area (Å²) in [5, 5.41) is 2.91. The Bertz CT molecular complexity index is 326. The SMILES string of the molecule is CC(Cn1ccnc1)NC(=O)CC(C)(C)N. The van der Waals surface area contributed by atoms with Crippen LogP contribution in [0.1, 0.15) is 27.2 Å². The molecule has 0 saturated carbocycles. The molecule has 5 heteroatoms. The first-order valence-corrected chi connectivity index (χ1v) is 5.41. The van der Waals surface area contributed by atoms with E-state index in [2.05, 4.69) is 10.3 Å². The molecule has 0 aliphatic heterocycles. The highest BCUT2D eigenvalue weighted by molar-refractivity contribution is 5.77. The van der Waals surface area contributed by atoms with Crippen LogP contribution in [0.25, 0.3) is 0 Å². The Balaban J connectivity index is 2.34. The van der Waals surface area contributed by atoms with Gasteiger partial charge in [-0.3, -0.25) is 4.79 Å². The smallest absolute Gasteiger partial charge is 0.222 e. The minimum Gasteiger partial charge on any atom is -0.352 e. The van der Waals surface area contributed by atoms with E-state index in [0.29, 0.717) is 6.42 Å². The van der Waals surface area contributed by atoms with Gasteiger partial charge in [-0.05, 0) is 20.8 Å². The van der Waals surface area contributed by atoms with Crippen molar-refractivity contribution < 1.29 is 4.79 Å². The van der Waals surface area contributed by atoms with E-state index in [1.165, 1.54) is 0 Å². The van der Waals surface area contributed by atoms with Gasteiger partial charge < -0.3 is 15.6 Å². The van der Waals surface area contributed by atoms with Gasteiger partial charge in [-0.15, -0.1) is 0 Å². The molecule has 0 aliphatic carbocycles. The molecule has 0 bridgehead atoms. The molecule has 3 N–H and O–H groups in total. The van der Waals surface area contributed by atoms with Crippen LogP contribution >= 0.6 is 0 Å². The fraction of sp³-hybridized carbons (Fsp3) is 0.636. The molecule has 90 valence electrons. The van der Waals surface area contributed by atoms with Gasteiger partial charge in [0.25, 0.3) is 0 Å². The van der Waals surface area contributed by atoms with Gasteiger partial charge in [-0.1, -0.05) is 0 Å². The molecule has 5 nitrogen and oxygen atoms in total. The molecule has 1 heterocycles. The molecule has 1 aromatic heterocycles. The lowest BCUT2D eigenvalue weighted by atomic mass is 10.0. The topological polar surface area (TPSA) is 72.9 Å². The van der Waals surface area contributed by atoms with Crippen LogP contribution in [0.15, 0.2) is 18.7 Å². The molecule has 0 aromatic carbocycles. The van der Waals surface area contributed by atoms with Crippen molar-refractivity contribution in [1.29, 1.82) is 0 Å². The molecule has 1 amide bonds. The number of imidazole rings is 1. The van der Waals surface area contributed by atoms with E-state index in [1.807, 2.05) is 31.5 Å². The number of hydrogen-bond acceptors (Lipinski definition) is 3. The second kappa shape index (κ2) is 5.12.